The Kier molecular flexibility index (Phi) is 10.4. The molecule has 5 rings (SSSR count). The zero-order valence-corrected chi connectivity index (χ0v) is 29.2. The standard InChI is InChI=1S/C37H37F3N4O7/c1-17-22(8-10-33(47)49-6)29-15-30-23(9-11-34(48)50-7)18(2)26(42-30)13-31-24(16-45)19(3)27(43-31)14-32-35(36(37(38,39)40)51-21(5)46)20(4)28(44-32)12-25(17)41-29/h12-16,36,43,45H,8-11H2,1-7H3/b24-16-,25-12?,30-15?,31-13?,32-14?. The Balaban J connectivity index is 1.83. The molecule has 8 bridgehead atoms. The van der Waals surface area contributed by atoms with Gasteiger partial charge in [-0.25, -0.2) is 15.0 Å². The zero-order valence-electron chi connectivity index (χ0n) is 29.2. The summed E-state index contributed by atoms with van der Waals surface area (Å²) in [5, 5.41) is 11.1. The van der Waals surface area contributed by atoms with E-state index in [2.05, 4.69) is 9.98 Å². The molecule has 5 heterocycles. The summed E-state index contributed by atoms with van der Waals surface area (Å²) < 4.78 is 58.3. The summed E-state index contributed by atoms with van der Waals surface area (Å²) in [6, 6.07) is 0. The Bertz CT molecular complexity index is 2150. The quantitative estimate of drug-likeness (QED) is 0.277. The van der Waals surface area contributed by atoms with Crippen molar-refractivity contribution in [3.05, 3.63) is 84.5 Å². The summed E-state index contributed by atoms with van der Waals surface area (Å²) in [7, 11) is 2.59. The maximum Gasteiger partial charge on any atom is 0.429 e. The van der Waals surface area contributed by atoms with Gasteiger partial charge in [0.15, 0.2) is 0 Å². The topological polar surface area (TPSA) is 152 Å². The first-order valence-corrected chi connectivity index (χ1v) is 16.0. The first-order valence-electron chi connectivity index (χ1n) is 16.0. The lowest BCUT2D eigenvalue weighted by Gasteiger charge is -2.22. The van der Waals surface area contributed by atoms with Gasteiger partial charge < -0.3 is 24.3 Å². The predicted molar refractivity (Wildman–Crippen MR) is 185 cm³/mol. The third-order valence-electron chi connectivity index (χ3n) is 9.14. The molecule has 1 unspecified atom stereocenters. The molecule has 1 aromatic rings. The number of aliphatic imine (C=N–C) groups is 3. The number of carbonyl (C=O) groups is 3. The molecule has 0 saturated carbocycles. The first-order chi connectivity index (χ1) is 24.1. The van der Waals surface area contributed by atoms with E-state index in [4.69, 9.17) is 24.2 Å². The Labute approximate surface area is 291 Å². The number of allylic oxidation sites excluding steroid dienone is 7. The SMILES string of the molecule is COC(=O)CCC1=C(C)C2=NC1=CC1=NC(=CC3=NC(=Cc4[nH]c(/c(=C\O)c4C)=C2)C(C(OC(C)=O)C(F)(F)F)=C3C)C(C)=C1CCC(=O)OC. The number of ether oxygens (including phenoxy) is 3. The van der Waals surface area contributed by atoms with Gasteiger partial charge >= 0.3 is 24.1 Å². The number of aromatic amines is 1. The molecular formula is C37H37F3N4O7. The van der Waals surface area contributed by atoms with Crippen LogP contribution < -0.4 is 10.6 Å². The summed E-state index contributed by atoms with van der Waals surface area (Å²) >= 11 is 0. The zero-order chi connectivity index (χ0) is 37.4. The molecule has 2 N–H and O–H groups in total. The molecule has 0 aromatic carbocycles. The second-order valence-electron chi connectivity index (χ2n) is 12.3. The molecule has 0 radical (unpaired) electrons. The van der Waals surface area contributed by atoms with E-state index in [-0.39, 0.29) is 41.8 Å². The van der Waals surface area contributed by atoms with Crippen LogP contribution in [0.3, 0.4) is 0 Å². The van der Waals surface area contributed by atoms with Gasteiger partial charge in [-0.3, -0.25) is 14.4 Å². The van der Waals surface area contributed by atoms with Crippen molar-refractivity contribution in [3.8, 4) is 0 Å². The van der Waals surface area contributed by atoms with Crippen LogP contribution in [0.25, 0.3) is 18.4 Å². The molecule has 11 nitrogen and oxygen atoms in total. The summed E-state index contributed by atoms with van der Waals surface area (Å²) in [5.74, 6) is -1.97. The molecule has 0 spiro atoms. The van der Waals surface area contributed by atoms with Gasteiger partial charge in [-0.2, -0.15) is 13.2 Å². The molecular weight excluding hydrogens is 669 g/mol. The van der Waals surface area contributed by atoms with Crippen LogP contribution in [0.1, 0.15) is 64.6 Å². The number of aliphatic hydroxyl groups is 1. The molecule has 0 saturated heterocycles. The van der Waals surface area contributed by atoms with Crippen LogP contribution in [-0.2, 0) is 28.6 Å². The van der Waals surface area contributed by atoms with E-state index in [1.807, 2.05) is 6.92 Å². The van der Waals surface area contributed by atoms with Crippen molar-refractivity contribution in [3.63, 3.8) is 0 Å². The molecule has 1 aromatic heterocycles. The van der Waals surface area contributed by atoms with Crippen LogP contribution in [0.5, 0.6) is 0 Å². The number of fused-ring (bicyclic) bond motifs is 5. The van der Waals surface area contributed by atoms with Gasteiger partial charge in [-0.05, 0) is 98.3 Å². The third-order valence-corrected chi connectivity index (χ3v) is 9.14. The van der Waals surface area contributed by atoms with Crippen molar-refractivity contribution < 1.29 is 46.9 Å². The Hall–Kier alpha value is -5.53. The number of nitrogens with one attached hydrogen (secondary N) is 1. The van der Waals surface area contributed by atoms with Gasteiger partial charge in [0.05, 0.1) is 60.1 Å². The van der Waals surface area contributed by atoms with Gasteiger partial charge in [0.2, 0.25) is 6.10 Å². The number of alkyl halides is 3. The lowest BCUT2D eigenvalue weighted by atomic mass is 9.96. The average molecular weight is 707 g/mol. The number of halogens is 3. The first kappa shape index (κ1) is 36.7. The fourth-order valence-corrected chi connectivity index (χ4v) is 6.32. The van der Waals surface area contributed by atoms with E-state index in [1.54, 1.807) is 32.1 Å². The predicted octanol–water partition coefficient (Wildman–Crippen LogP) is 5.24. The molecule has 0 aliphatic carbocycles. The molecule has 1 atom stereocenters. The van der Waals surface area contributed by atoms with Crippen LogP contribution in [0.2, 0.25) is 0 Å². The largest absolute Gasteiger partial charge is 0.515 e. The van der Waals surface area contributed by atoms with Gasteiger partial charge in [0, 0.05) is 36.3 Å². The molecule has 0 amide bonds. The number of esters is 3. The van der Waals surface area contributed by atoms with Crippen molar-refractivity contribution in [2.24, 2.45) is 15.0 Å². The van der Waals surface area contributed by atoms with E-state index in [0.29, 0.717) is 62.2 Å². The number of rotatable bonds is 8. The second-order valence-corrected chi connectivity index (χ2v) is 12.3. The number of methoxy groups -OCH3 is 2. The van der Waals surface area contributed by atoms with Crippen LogP contribution in [0, 0.1) is 6.92 Å². The Morgan fingerprint density at radius 2 is 1.37 bits per heavy atom. The van der Waals surface area contributed by atoms with E-state index in [1.165, 1.54) is 27.2 Å². The summed E-state index contributed by atoms with van der Waals surface area (Å²) in [5.41, 5.74) is 5.41. The molecule has 4 aliphatic rings. The highest BCUT2D eigenvalue weighted by Crippen LogP contribution is 2.40. The smallest absolute Gasteiger partial charge is 0.429 e. The van der Waals surface area contributed by atoms with E-state index < -0.39 is 30.2 Å². The minimum Gasteiger partial charge on any atom is -0.515 e. The van der Waals surface area contributed by atoms with Gasteiger partial charge in [-0.15, -0.1) is 0 Å². The molecule has 268 valence electrons. The molecule has 4 aliphatic heterocycles. The Morgan fingerprint density at radius 1 is 0.804 bits per heavy atom. The summed E-state index contributed by atoms with van der Waals surface area (Å²) in [6.07, 6.45) is 0.369. The minimum absolute atomic E-state index is 0.0340. The van der Waals surface area contributed by atoms with Crippen molar-refractivity contribution in [1.82, 2.24) is 4.98 Å². The molecule has 51 heavy (non-hydrogen) atoms. The van der Waals surface area contributed by atoms with E-state index >= 15 is 0 Å². The third kappa shape index (κ3) is 7.35. The highest BCUT2D eigenvalue weighted by molar-refractivity contribution is 6.24. The number of H-pyrrole nitrogens is 1. The van der Waals surface area contributed by atoms with Crippen LogP contribution in [-0.4, -0.2) is 71.6 Å². The van der Waals surface area contributed by atoms with E-state index in [9.17, 15) is 32.7 Å². The number of carbonyl (C=O) groups excluding carboxylic acids is 3. The number of nitrogens with zero attached hydrogens (tertiary/aromatic N) is 3. The Morgan fingerprint density at radius 3 is 1.96 bits per heavy atom. The number of aliphatic hydroxyl groups excluding tert-OH is 1. The maximum absolute atomic E-state index is 14.6. The second kappa shape index (κ2) is 14.4. The van der Waals surface area contributed by atoms with Crippen LogP contribution in [0.15, 0.2) is 77.7 Å². The molecule has 0 fully saturated rings. The van der Waals surface area contributed by atoms with Gasteiger partial charge in [-0.1, -0.05) is 0 Å². The van der Waals surface area contributed by atoms with Gasteiger partial charge in [0.25, 0.3) is 0 Å². The fraction of sp³-hybridized carbons (Fsp3) is 0.351. The highest BCUT2D eigenvalue weighted by Gasteiger charge is 2.48. The van der Waals surface area contributed by atoms with Crippen LogP contribution in [0.4, 0.5) is 13.2 Å². The lowest BCUT2D eigenvalue weighted by molar-refractivity contribution is -0.209. The fourth-order valence-electron chi connectivity index (χ4n) is 6.32. The monoisotopic (exact) mass is 706 g/mol. The van der Waals surface area contributed by atoms with Crippen molar-refractivity contribution in [1.29, 1.82) is 0 Å². The summed E-state index contributed by atoms with van der Waals surface area (Å²) in [4.78, 5) is 53.8. The normalized spacial score (nSPS) is 18.1. The minimum atomic E-state index is -4.97. The van der Waals surface area contributed by atoms with Gasteiger partial charge in [0.1, 0.15) is 0 Å². The molecule has 14 heteroatoms. The summed E-state index contributed by atoms with van der Waals surface area (Å²) in [6.45, 7) is 7.69. The van der Waals surface area contributed by atoms with Crippen molar-refractivity contribution >= 4 is 53.5 Å². The number of hydrogen-bond acceptors (Lipinski definition) is 10. The lowest BCUT2D eigenvalue weighted by Crippen LogP contribution is -2.35. The van der Waals surface area contributed by atoms with Crippen LogP contribution >= 0.6 is 0 Å². The average Bonchev–Trinajstić information content (AvgIpc) is 3.73. The highest BCUT2D eigenvalue weighted by atomic mass is 19.4. The number of hydrogen-bond donors (Lipinski definition) is 2. The maximum atomic E-state index is 14.6. The number of aromatic nitrogens is 1. The van der Waals surface area contributed by atoms with E-state index in [0.717, 1.165) is 24.3 Å². The van der Waals surface area contributed by atoms with Crippen molar-refractivity contribution in [2.75, 3.05) is 14.2 Å². The van der Waals surface area contributed by atoms with Crippen molar-refractivity contribution in [2.45, 2.75) is 72.6 Å².